The van der Waals surface area contributed by atoms with Crippen LogP contribution in [-0.4, -0.2) is 44.9 Å². The van der Waals surface area contributed by atoms with Crippen molar-refractivity contribution in [3.8, 4) is 5.75 Å². The van der Waals surface area contributed by atoms with Crippen LogP contribution in [0.4, 0.5) is 0 Å². The minimum Gasteiger partial charge on any atom is -0.492 e. The summed E-state index contributed by atoms with van der Waals surface area (Å²) < 4.78 is 33.0. The van der Waals surface area contributed by atoms with Crippen LogP contribution in [0.25, 0.3) is 0 Å². The van der Waals surface area contributed by atoms with Crippen molar-refractivity contribution in [2.24, 2.45) is 11.3 Å². The van der Waals surface area contributed by atoms with Gasteiger partial charge in [-0.15, -0.1) is 0 Å². The molecule has 1 saturated heterocycles. The van der Waals surface area contributed by atoms with Gasteiger partial charge in [0.25, 0.3) is 0 Å². The van der Waals surface area contributed by atoms with Crippen molar-refractivity contribution in [1.82, 2.24) is 9.62 Å². The third kappa shape index (κ3) is 5.83. The molecule has 6 nitrogen and oxygen atoms in total. The van der Waals surface area contributed by atoms with E-state index in [2.05, 4.69) is 26.1 Å². The maximum Gasteiger partial charge on any atom is 0.246 e. The Kier molecular flexibility index (Phi) is 7.16. The standard InChI is InChI=1S/C19H29ClN2O4S/c1-5-26-16-7-6-15(20)12-17(16)27(24,25)22-10-8-14(9-11-22)18(23)21-13-19(2,3)4/h6-7,12,14H,5,8-11,13H2,1-4H3,(H,21,23). The average molecular weight is 417 g/mol. The lowest BCUT2D eigenvalue weighted by Gasteiger charge is -2.31. The van der Waals surface area contributed by atoms with Gasteiger partial charge in [0.15, 0.2) is 0 Å². The second-order valence-corrected chi connectivity index (χ2v) is 10.3. The number of carbonyl (C=O) groups excluding carboxylic acids is 1. The van der Waals surface area contributed by atoms with Crippen LogP contribution in [0.1, 0.15) is 40.5 Å². The molecular formula is C19H29ClN2O4S. The summed E-state index contributed by atoms with van der Waals surface area (Å²) in [6.07, 6.45) is 0.999. The van der Waals surface area contributed by atoms with E-state index in [0.717, 1.165) is 0 Å². The highest BCUT2D eigenvalue weighted by atomic mass is 35.5. The number of carbonyl (C=O) groups is 1. The predicted octanol–water partition coefficient (Wildman–Crippen LogP) is 3.30. The summed E-state index contributed by atoms with van der Waals surface area (Å²) in [7, 11) is -3.73. The third-order valence-electron chi connectivity index (χ3n) is 4.44. The monoisotopic (exact) mass is 416 g/mol. The van der Waals surface area contributed by atoms with Crippen molar-refractivity contribution in [3.63, 3.8) is 0 Å². The van der Waals surface area contributed by atoms with Gasteiger partial charge in [-0.3, -0.25) is 4.79 Å². The predicted molar refractivity (Wildman–Crippen MR) is 107 cm³/mol. The summed E-state index contributed by atoms with van der Waals surface area (Å²) in [6, 6.07) is 4.60. The molecule has 27 heavy (non-hydrogen) atoms. The van der Waals surface area contributed by atoms with Gasteiger partial charge in [-0.1, -0.05) is 32.4 Å². The highest BCUT2D eigenvalue weighted by Gasteiger charge is 2.34. The lowest BCUT2D eigenvalue weighted by Crippen LogP contribution is -2.44. The van der Waals surface area contributed by atoms with E-state index < -0.39 is 10.0 Å². The number of benzene rings is 1. The Bertz CT molecular complexity index is 766. The van der Waals surface area contributed by atoms with Crippen LogP contribution >= 0.6 is 11.6 Å². The number of piperidine rings is 1. The topological polar surface area (TPSA) is 75.7 Å². The lowest BCUT2D eigenvalue weighted by atomic mass is 9.94. The molecule has 152 valence electrons. The molecule has 1 amide bonds. The third-order valence-corrected chi connectivity index (χ3v) is 6.60. The van der Waals surface area contributed by atoms with Crippen molar-refractivity contribution >= 4 is 27.5 Å². The second kappa shape index (κ2) is 8.80. The van der Waals surface area contributed by atoms with Crippen LogP contribution in [0.3, 0.4) is 0 Å². The molecule has 0 saturated carbocycles. The summed E-state index contributed by atoms with van der Waals surface area (Å²) in [5.41, 5.74) is 0.0158. The first-order valence-electron chi connectivity index (χ1n) is 9.25. The molecule has 1 aromatic carbocycles. The first-order chi connectivity index (χ1) is 12.5. The number of sulfonamides is 1. The molecule has 0 atom stereocenters. The number of amides is 1. The molecule has 1 heterocycles. The van der Waals surface area contributed by atoms with Gasteiger partial charge in [0.05, 0.1) is 6.61 Å². The first kappa shape index (κ1) is 22.0. The molecule has 1 aliphatic heterocycles. The van der Waals surface area contributed by atoms with Gasteiger partial charge in [-0.2, -0.15) is 4.31 Å². The summed E-state index contributed by atoms with van der Waals surface area (Å²) in [4.78, 5) is 12.4. The van der Waals surface area contributed by atoms with Crippen molar-refractivity contribution in [2.75, 3.05) is 26.2 Å². The van der Waals surface area contributed by atoms with Gasteiger partial charge in [0.2, 0.25) is 15.9 Å². The molecular weight excluding hydrogens is 388 g/mol. The van der Waals surface area contributed by atoms with E-state index in [9.17, 15) is 13.2 Å². The molecule has 0 spiro atoms. The number of ether oxygens (including phenoxy) is 1. The van der Waals surface area contributed by atoms with Gasteiger partial charge >= 0.3 is 0 Å². The fraction of sp³-hybridized carbons (Fsp3) is 0.632. The van der Waals surface area contributed by atoms with Crippen LogP contribution in [-0.2, 0) is 14.8 Å². The van der Waals surface area contributed by atoms with Crippen molar-refractivity contribution in [2.45, 2.75) is 45.4 Å². The Hall–Kier alpha value is -1.31. The largest absolute Gasteiger partial charge is 0.492 e. The minimum atomic E-state index is -3.73. The molecule has 0 aliphatic carbocycles. The van der Waals surface area contributed by atoms with Crippen LogP contribution < -0.4 is 10.1 Å². The molecule has 2 rings (SSSR count). The molecule has 1 N–H and O–H groups in total. The summed E-state index contributed by atoms with van der Waals surface area (Å²) >= 11 is 6.01. The maximum atomic E-state index is 13.1. The molecule has 1 aromatic rings. The van der Waals surface area contributed by atoms with E-state index in [0.29, 0.717) is 49.9 Å². The number of hydrogen-bond donors (Lipinski definition) is 1. The van der Waals surface area contributed by atoms with Gasteiger partial charge in [-0.05, 0) is 43.4 Å². The lowest BCUT2D eigenvalue weighted by molar-refractivity contribution is -0.126. The van der Waals surface area contributed by atoms with Crippen LogP contribution in [0.5, 0.6) is 5.75 Å². The highest BCUT2D eigenvalue weighted by molar-refractivity contribution is 7.89. The second-order valence-electron chi connectivity index (χ2n) is 7.98. The minimum absolute atomic E-state index is 0.000246. The Labute approximate surface area is 167 Å². The van der Waals surface area contributed by atoms with Crippen LogP contribution in [0.2, 0.25) is 5.02 Å². The Morgan fingerprint density at radius 1 is 1.30 bits per heavy atom. The number of halogens is 1. The van der Waals surface area contributed by atoms with E-state index in [1.807, 2.05) is 0 Å². The summed E-state index contributed by atoms with van der Waals surface area (Å²) in [5, 5.41) is 3.31. The van der Waals surface area contributed by atoms with Crippen LogP contribution in [0, 0.1) is 11.3 Å². The zero-order chi connectivity index (χ0) is 20.2. The zero-order valence-electron chi connectivity index (χ0n) is 16.4. The van der Waals surface area contributed by atoms with Gasteiger partial charge in [-0.25, -0.2) is 8.42 Å². The smallest absolute Gasteiger partial charge is 0.246 e. The van der Waals surface area contributed by atoms with Gasteiger partial charge in [0, 0.05) is 30.6 Å². The summed E-state index contributed by atoms with van der Waals surface area (Å²) in [6.45, 7) is 9.54. The van der Waals surface area contributed by atoms with Gasteiger partial charge < -0.3 is 10.1 Å². The van der Waals surface area contributed by atoms with E-state index in [1.165, 1.54) is 10.4 Å². The number of rotatable bonds is 6. The van der Waals surface area contributed by atoms with Crippen molar-refractivity contribution in [1.29, 1.82) is 0 Å². The zero-order valence-corrected chi connectivity index (χ0v) is 18.0. The van der Waals surface area contributed by atoms with E-state index in [4.69, 9.17) is 16.3 Å². The van der Waals surface area contributed by atoms with Crippen LogP contribution in [0.15, 0.2) is 23.1 Å². The molecule has 1 fully saturated rings. The SMILES string of the molecule is CCOc1ccc(Cl)cc1S(=O)(=O)N1CCC(C(=O)NCC(C)(C)C)CC1. The number of nitrogens with one attached hydrogen (secondary N) is 1. The first-order valence-corrected chi connectivity index (χ1v) is 11.1. The quantitative estimate of drug-likeness (QED) is 0.771. The van der Waals surface area contributed by atoms with Gasteiger partial charge in [0.1, 0.15) is 10.6 Å². The van der Waals surface area contributed by atoms with Crippen molar-refractivity contribution in [3.05, 3.63) is 23.2 Å². The molecule has 0 radical (unpaired) electrons. The normalized spacial score (nSPS) is 16.9. The van der Waals surface area contributed by atoms with E-state index in [1.54, 1.807) is 19.1 Å². The Balaban J connectivity index is 2.07. The average Bonchev–Trinajstić information content (AvgIpc) is 2.61. The fourth-order valence-corrected chi connectivity index (χ4v) is 4.82. The maximum absolute atomic E-state index is 13.1. The molecule has 0 bridgehead atoms. The van der Waals surface area contributed by atoms with E-state index in [-0.39, 0.29) is 22.1 Å². The summed E-state index contributed by atoms with van der Waals surface area (Å²) in [5.74, 6) is 0.135. The molecule has 1 aliphatic rings. The molecule has 0 aromatic heterocycles. The Morgan fingerprint density at radius 3 is 2.48 bits per heavy atom. The van der Waals surface area contributed by atoms with E-state index >= 15 is 0 Å². The Morgan fingerprint density at radius 2 is 1.93 bits per heavy atom. The number of hydrogen-bond acceptors (Lipinski definition) is 4. The highest BCUT2D eigenvalue weighted by Crippen LogP contribution is 2.32. The molecule has 0 unspecified atom stereocenters. The number of nitrogens with zero attached hydrogens (tertiary/aromatic N) is 1. The van der Waals surface area contributed by atoms with Crippen molar-refractivity contribution < 1.29 is 17.9 Å². The molecule has 8 heteroatoms. The fourth-order valence-electron chi connectivity index (χ4n) is 2.95.